The minimum Gasteiger partial charge on any atom is -0.507 e. The zero-order valence-corrected chi connectivity index (χ0v) is 14.2. The average Bonchev–Trinajstić information content (AvgIpc) is 2.44. The normalized spacial score (nSPS) is 11.7. The molecule has 5 heteroatoms. The largest absolute Gasteiger partial charge is 0.507 e. The summed E-state index contributed by atoms with van der Waals surface area (Å²) >= 11 is 0. The SMILES string of the molecule is Cc1cc(C)c(O)c(S(=O)(=O)c2cc(C)c(C)c(O)c2C)c1. The number of benzene rings is 2. The Morgan fingerprint density at radius 3 is 1.91 bits per heavy atom. The maximum Gasteiger partial charge on any atom is 0.210 e. The number of aromatic hydroxyl groups is 2. The first kappa shape index (κ1) is 16.4. The molecule has 118 valence electrons. The fourth-order valence-corrected chi connectivity index (χ4v) is 4.35. The van der Waals surface area contributed by atoms with Crippen LogP contribution in [-0.2, 0) is 9.84 Å². The van der Waals surface area contributed by atoms with E-state index < -0.39 is 9.84 Å². The van der Waals surface area contributed by atoms with Crippen molar-refractivity contribution in [1.82, 2.24) is 0 Å². The van der Waals surface area contributed by atoms with Gasteiger partial charge >= 0.3 is 0 Å². The summed E-state index contributed by atoms with van der Waals surface area (Å²) in [5.41, 5.74) is 2.89. The van der Waals surface area contributed by atoms with Crippen molar-refractivity contribution in [3.63, 3.8) is 0 Å². The fourth-order valence-electron chi connectivity index (χ4n) is 2.52. The second-order valence-electron chi connectivity index (χ2n) is 5.72. The number of rotatable bonds is 2. The monoisotopic (exact) mass is 320 g/mol. The molecule has 4 nitrogen and oxygen atoms in total. The van der Waals surface area contributed by atoms with E-state index in [9.17, 15) is 18.6 Å². The van der Waals surface area contributed by atoms with E-state index in [0.29, 0.717) is 22.3 Å². The molecular formula is C17H20O4S. The predicted molar refractivity (Wildman–Crippen MR) is 85.4 cm³/mol. The maximum absolute atomic E-state index is 12.9. The van der Waals surface area contributed by atoms with E-state index >= 15 is 0 Å². The summed E-state index contributed by atoms with van der Waals surface area (Å²) in [5, 5.41) is 20.3. The molecule has 0 bridgehead atoms. The van der Waals surface area contributed by atoms with Crippen LogP contribution in [0, 0.1) is 34.6 Å². The summed E-state index contributed by atoms with van der Waals surface area (Å²) in [5.74, 6) is -0.273. The second-order valence-corrected chi connectivity index (χ2v) is 7.61. The molecule has 0 saturated heterocycles. The quantitative estimate of drug-likeness (QED) is 0.888. The van der Waals surface area contributed by atoms with Gasteiger partial charge in [0, 0.05) is 5.56 Å². The molecule has 0 aliphatic rings. The zero-order chi connectivity index (χ0) is 16.8. The molecule has 2 N–H and O–H groups in total. The highest BCUT2D eigenvalue weighted by molar-refractivity contribution is 7.91. The van der Waals surface area contributed by atoms with Crippen LogP contribution in [0.15, 0.2) is 28.0 Å². The van der Waals surface area contributed by atoms with Crippen LogP contribution in [0.1, 0.15) is 27.8 Å². The Labute approximate surface area is 131 Å². The van der Waals surface area contributed by atoms with Crippen molar-refractivity contribution in [1.29, 1.82) is 0 Å². The Kier molecular flexibility index (Phi) is 3.96. The highest BCUT2D eigenvalue weighted by Crippen LogP contribution is 2.37. The van der Waals surface area contributed by atoms with Crippen LogP contribution in [-0.4, -0.2) is 18.6 Å². The topological polar surface area (TPSA) is 74.6 Å². The minimum atomic E-state index is -3.92. The van der Waals surface area contributed by atoms with Gasteiger partial charge in [-0.05, 0) is 69.0 Å². The van der Waals surface area contributed by atoms with E-state index in [2.05, 4.69) is 0 Å². The molecule has 0 spiro atoms. The van der Waals surface area contributed by atoms with E-state index in [1.54, 1.807) is 40.7 Å². The van der Waals surface area contributed by atoms with Crippen molar-refractivity contribution in [3.8, 4) is 11.5 Å². The van der Waals surface area contributed by atoms with E-state index in [-0.39, 0.29) is 21.3 Å². The number of phenolic OH excluding ortho intramolecular Hbond substituents is 2. The zero-order valence-electron chi connectivity index (χ0n) is 13.4. The molecule has 0 heterocycles. The molecule has 0 saturated carbocycles. The first-order valence-corrected chi connectivity index (χ1v) is 8.40. The first-order chi connectivity index (χ1) is 10.1. The van der Waals surface area contributed by atoms with E-state index in [1.807, 2.05) is 0 Å². The first-order valence-electron chi connectivity index (χ1n) is 6.92. The molecule has 0 aliphatic heterocycles. The average molecular weight is 320 g/mol. The van der Waals surface area contributed by atoms with Crippen LogP contribution in [0.5, 0.6) is 11.5 Å². The molecule has 0 unspecified atom stereocenters. The fraction of sp³-hybridized carbons (Fsp3) is 0.294. The van der Waals surface area contributed by atoms with E-state index in [0.717, 1.165) is 5.56 Å². The smallest absolute Gasteiger partial charge is 0.210 e. The lowest BCUT2D eigenvalue weighted by atomic mass is 10.1. The number of hydrogen-bond donors (Lipinski definition) is 2. The van der Waals surface area contributed by atoms with Crippen LogP contribution in [0.4, 0.5) is 0 Å². The van der Waals surface area contributed by atoms with Gasteiger partial charge in [-0.3, -0.25) is 0 Å². The molecule has 0 radical (unpaired) electrons. The molecule has 22 heavy (non-hydrogen) atoms. The summed E-state index contributed by atoms with van der Waals surface area (Å²) in [6.45, 7) is 8.48. The van der Waals surface area contributed by atoms with Crippen LogP contribution in [0.3, 0.4) is 0 Å². The number of hydrogen-bond acceptors (Lipinski definition) is 4. The van der Waals surface area contributed by atoms with Gasteiger partial charge in [0.05, 0.1) is 4.90 Å². The van der Waals surface area contributed by atoms with Crippen molar-refractivity contribution in [2.45, 2.75) is 44.4 Å². The van der Waals surface area contributed by atoms with Gasteiger partial charge < -0.3 is 10.2 Å². The summed E-state index contributed by atoms with van der Waals surface area (Å²) < 4.78 is 25.8. The van der Waals surface area contributed by atoms with Crippen LogP contribution < -0.4 is 0 Å². The third kappa shape index (κ3) is 2.46. The maximum atomic E-state index is 12.9. The van der Waals surface area contributed by atoms with Gasteiger partial charge in [0.1, 0.15) is 16.4 Å². The molecule has 2 aromatic rings. The Morgan fingerprint density at radius 1 is 0.727 bits per heavy atom. The van der Waals surface area contributed by atoms with Crippen molar-refractivity contribution >= 4 is 9.84 Å². The van der Waals surface area contributed by atoms with Gasteiger partial charge in [-0.25, -0.2) is 8.42 Å². The summed E-state index contributed by atoms with van der Waals surface area (Å²) in [6.07, 6.45) is 0. The molecule has 0 amide bonds. The Balaban J connectivity index is 2.83. The lowest BCUT2D eigenvalue weighted by Gasteiger charge is -2.15. The third-order valence-electron chi connectivity index (χ3n) is 4.01. The number of sulfone groups is 1. The van der Waals surface area contributed by atoms with Crippen molar-refractivity contribution in [2.75, 3.05) is 0 Å². The van der Waals surface area contributed by atoms with Crippen LogP contribution in [0.2, 0.25) is 0 Å². The molecule has 0 fully saturated rings. The van der Waals surface area contributed by atoms with Gasteiger partial charge in [-0.15, -0.1) is 0 Å². The standard InChI is InChI=1S/C17H20O4S/c1-9-6-11(3)16(18)15(7-9)22(20,21)14-8-10(2)12(4)17(19)13(14)5/h6-8,18-19H,1-5H3. The Bertz CT molecular complexity index is 865. The number of aryl methyl sites for hydroxylation is 3. The van der Waals surface area contributed by atoms with Crippen molar-refractivity contribution in [2.24, 2.45) is 0 Å². The van der Waals surface area contributed by atoms with Gasteiger partial charge in [0.15, 0.2) is 0 Å². The van der Waals surface area contributed by atoms with Gasteiger partial charge in [0.2, 0.25) is 9.84 Å². The van der Waals surface area contributed by atoms with Crippen LogP contribution in [0.25, 0.3) is 0 Å². The molecular weight excluding hydrogens is 300 g/mol. The molecule has 0 aliphatic carbocycles. The Hall–Kier alpha value is -2.01. The minimum absolute atomic E-state index is 0.0217. The summed E-state index contributed by atoms with van der Waals surface area (Å²) in [7, 11) is -3.92. The van der Waals surface area contributed by atoms with Gasteiger partial charge in [0.25, 0.3) is 0 Å². The number of phenols is 2. The molecule has 2 aromatic carbocycles. The van der Waals surface area contributed by atoms with E-state index in [4.69, 9.17) is 0 Å². The lowest BCUT2D eigenvalue weighted by Crippen LogP contribution is -2.07. The van der Waals surface area contributed by atoms with E-state index in [1.165, 1.54) is 12.1 Å². The summed E-state index contributed by atoms with van der Waals surface area (Å²) in [4.78, 5) is -0.107. The highest BCUT2D eigenvalue weighted by Gasteiger charge is 2.27. The molecule has 0 aromatic heterocycles. The lowest BCUT2D eigenvalue weighted by molar-refractivity contribution is 0.453. The predicted octanol–water partition coefficient (Wildman–Crippen LogP) is 3.47. The third-order valence-corrected chi connectivity index (χ3v) is 5.90. The molecule has 0 atom stereocenters. The highest BCUT2D eigenvalue weighted by atomic mass is 32.2. The van der Waals surface area contributed by atoms with Gasteiger partial charge in [-0.2, -0.15) is 0 Å². The second kappa shape index (κ2) is 5.32. The van der Waals surface area contributed by atoms with Crippen molar-refractivity contribution < 1.29 is 18.6 Å². The Morgan fingerprint density at radius 2 is 1.32 bits per heavy atom. The molecule has 2 rings (SSSR count). The van der Waals surface area contributed by atoms with Crippen molar-refractivity contribution in [3.05, 3.63) is 46.0 Å². The van der Waals surface area contributed by atoms with Gasteiger partial charge in [-0.1, -0.05) is 6.07 Å². The summed E-state index contributed by atoms with van der Waals surface area (Å²) in [6, 6.07) is 4.71. The van der Waals surface area contributed by atoms with Crippen LogP contribution >= 0.6 is 0 Å².